The largest absolute Gasteiger partial charge is 0.373 e. The Bertz CT molecular complexity index is 261. The molecule has 0 heterocycles. The molecule has 0 unspecified atom stereocenters. The first-order valence-corrected chi connectivity index (χ1v) is 6.98. The van der Waals surface area contributed by atoms with Crippen molar-refractivity contribution in [3.63, 3.8) is 0 Å². The monoisotopic (exact) mass is 285 g/mol. The van der Waals surface area contributed by atoms with E-state index < -0.39 is 20.3 Å². The van der Waals surface area contributed by atoms with Crippen molar-refractivity contribution in [3.8, 4) is 0 Å². The van der Waals surface area contributed by atoms with Gasteiger partial charge in [0.25, 0.3) is 5.08 Å². The maximum Gasteiger partial charge on any atom is 0.373 e. The minimum atomic E-state index is -4.00. The Kier molecular flexibility index (Phi) is 8.57. The average molecular weight is 285 g/mol. The molecule has 0 fully saturated rings. The van der Waals surface area contributed by atoms with Gasteiger partial charge in [-0.25, -0.2) is 0 Å². The third-order valence-electron chi connectivity index (χ3n) is 2.00. The van der Waals surface area contributed by atoms with Crippen LogP contribution in [0.25, 0.3) is 0 Å². The Morgan fingerprint density at radius 2 is 1.06 bits per heavy atom. The van der Waals surface area contributed by atoms with Crippen molar-refractivity contribution in [2.75, 3.05) is 28.4 Å². The van der Waals surface area contributed by atoms with Crippen molar-refractivity contribution in [2.45, 2.75) is 12.0 Å². The molecule has 0 aliphatic carbocycles. The van der Waals surface area contributed by atoms with Gasteiger partial charge in [-0.1, -0.05) is 0 Å². The molecule has 0 aliphatic rings. The van der Waals surface area contributed by atoms with Crippen LogP contribution in [-0.4, -0.2) is 68.2 Å². The van der Waals surface area contributed by atoms with Crippen LogP contribution in [0.3, 0.4) is 0 Å². The molecule has 0 spiro atoms. The van der Waals surface area contributed by atoms with E-state index >= 15 is 0 Å². The van der Waals surface area contributed by atoms with Gasteiger partial charge in [-0.3, -0.25) is 9.13 Å². The van der Waals surface area contributed by atoms with E-state index in [0.29, 0.717) is 0 Å². The summed E-state index contributed by atoms with van der Waals surface area (Å²) in [6.45, 7) is 1.01. The second kappa shape index (κ2) is 7.00. The van der Waals surface area contributed by atoms with Gasteiger partial charge >= 0.3 is 15.2 Å². The molecule has 1 radical (unpaired) electrons. The van der Waals surface area contributed by atoms with Gasteiger partial charge in [0.1, 0.15) is 0 Å². The number of aliphatic hydroxyl groups is 1. The summed E-state index contributed by atoms with van der Waals surface area (Å²) in [4.78, 5) is 0. The zero-order valence-corrected chi connectivity index (χ0v) is 14.1. The molecule has 10 heteroatoms. The van der Waals surface area contributed by atoms with Crippen LogP contribution in [0.4, 0.5) is 0 Å². The Balaban J connectivity index is 0. The number of hydrogen-bond donors (Lipinski definition) is 1. The molecule has 0 aromatic rings. The predicted octanol–water partition coefficient (Wildman–Crippen LogP) is 1.24. The second-order valence-electron chi connectivity index (χ2n) is 2.70. The van der Waals surface area contributed by atoms with E-state index in [9.17, 15) is 14.2 Å². The van der Waals surface area contributed by atoms with Gasteiger partial charge in [0.05, 0.1) is 0 Å². The summed E-state index contributed by atoms with van der Waals surface area (Å²) in [5, 5.41) is 7.56. The molecule has 93 valence electrons. The fraction of sp³-hybridized carbons (Fsp3) is 1.00. The van der Waals surface area contributed by atoms with Crippen LogP contribution in [0.5, 0.6) is 0 Å². The van der Waals surface area contributed by atoms with E-state index in [0.717, 1.165) is 35.4 Å². The van der Waals surface area contributed by atoms with Gasteiger partial charge in [-0.15, -0.1) is 0 Å². The molecule has 0 saturated heterocycles. The van der Waals surface area contributed by atoms with Crippen LogP contribution in [0.2, 0.25) is 0 Å². The molecule has 0 aromatic heterocycles. The summed E-state index contributed by atoms with van der Waals surface area (Å²) in [6.07, 6.45) is 0. The fourth-order valence-electron chi connectivity index (χ4n) is 0.991. The Morgan fingerprint density at radius 1 is 0.875 bits per heavy atom. The minimum absolute atomic E-state index is 0. The SMILES string of the molecule is COP(=O)(OC)C(C)(O)P(=O)(OC)OC.[Na]. The van der Waals surface area contributed by atoms with E-state index in [1.54, 1.807) is 0 Å². The summed E-state index contributed by atoms with van der Waals surface area (Å²) >= 11 is 0. The van der Waals surface area contributed by atoms with Crippen molar-refractivity contribution < 1.29 is 32.3 Å². The van der Waals surface area contributed by atoms with Gasteiger partial charge in [-0.2, -0.15) is 0 Å². The first-order chi connectivity index (χ1) is 6.74. The zero-order valence-electron chi connectivity index (χ0n) is 10.3. The van der Waals surface area contributed by atoms with E-state index in [1.165, 1.54) is 0 Å². The second-order valence-corrected chi connectivity index (χ2v) is 8.24. The van der Waals surface area contributed by atoms with Crippen LogP contribution in [0, 0.1) is 0 Å². The standard InChI is InChI=1S/C6H16O7P2.Na/c1-6(7,14(8,10-2)11-3)15(9,12-4)13-5;/h7H,1-5H3;. The quantitative estimate of drug-likeness (QED) is 0.580. The first-order valence-electron chi connectivity index (χ1n) is 3.90. The van der Waals surface area contributed by atoms with E-state index in [2.05, 4.69) is 18.1 Å². The molecule has 0 aromatic carbocycles. The van der Waals surface area contributed by atoms with Gasteiger partial charge in [0, 0.05) is 58.0 Å². The topological polar surface area (TPSA) is 91.3 Å². The summed E-state index contributed by atoms with van der Waals surface area (Å²) in [5.41, 5.74) is 0. The van der Waals surface area contributed by atoms with Gasteiger partial charge < -0.3 is 23.2 Å². The number of rotatable bonds is 6. The minimum Gasteiger partial charge on any atom is -0.368 e. The van der Waals surface area contributed by atoms with Crippen LogP contribution in [-0.2, 0) is 27.2 Å². The van der Waals surface area contributed by atoms with Crippen molar-refractivity contribution >= 4 is 44.7 Å². The van der Waals surface area contributed by atoms with Crippen LogP contribution in [0.1, 0.15) is 6.92 Å². The zero-order chi connectivity index (χ0) is 12.3. The predicted molar refractivity (Wildman–Crippen MR) is 59.6 cm³/mol. The van der Waals surface area contributed by atoms with E-state index in [4.69, 9.17) is 0 Å². The molecule has 0 amide bonds. The molecule has 16 heavy (non-hydrogen) atoms. The Labute approximate surface area is 117 Å². The van der Waals surface area contributed by atoms with Crippen LogP contribution < -0.4 is 0 Å². The molecular weight excluding hydrogens is 269 g/mol. The van der Waals surface area contributed by atoms with Crippen LogP contribution in [0.15, 0.2) is 0 Å². The summed E-state index contributed by atoms with van der Waals surface area (Å²) < 4.78 is 42.0. The normalized spacial score (nSPS) is 13.4. The molecule has 0 bridgehead atoms. The van der Waals surface area contributed by atoms with Crippen molar-refractivity contribution in [3.05, 3.63) is 0 Å². The maximum absolute atomic E-state index is 11.9. The van der Waals surface area contributed by atoms with Gasteiger partial charge in [-0.05, 0) is 6.92 Å². The molecule has 0 aliphatic heterocycles. The smallest absolute Gasteiger partial charge is 0.368 e. The molecule has 0 saturated carbocycles. The Hall–Kier alpha value is 1.26. The molecule has 0 rings (SSSR count). The summed E-state index contributed by atoms with van der Waals surface area (Å²) in [7, 11) is -3.74. The summed E-state index contributed by atoms with van der Waals surface area (Å²) in [5.74, 6) is 0. The van der Waals surface area contributed by atoms with Crippen molar-refractivity contribution in [1.82, 2.24) is 0 Å². The fourth-order valence-corrected chi connectivity index (χ4v) is 4.85. The van der Waals surface area contributed by atoms with Crippen LogP contribution >= 0.6 is 15.2 Å². The van der Waals surface area contributed by atoms with Gasteiger partial charge in [0.2, 0.25) is 0 Å². The molecular formula is C6H16NaO7P2. The summed E-state index contributed by atoms with van der Waals surface area (Å²) in [6, 6.07) is 0. The first kappa shape index (κ1) is 19.6. The van der Waals surface area contributed by atoms with Crippen molar-refractivity contribution in [2.24, 2.45) is 0 Å². The molecule has 7 nitrogen and oxygen atoms in total. The van der Waals surface area contributed by atoms with E-state index in [-0.39, 0.29) is 29.6 Å². The average Bonchev–Trinajstić information content (AvgIpc) is 2.26. The van der Waals surface area contributed by atoms with Crippen molar-refractivity contribution in [1.29, 1.82) is 0 Å². The third-order valence-corrected chi connectivity index (χ3v) is 7.47. The molecule has 1 N–H and O–H groups in total. The Morgan fingerprint density at radius 3 is 1.19 bits per heavy atom. The third kappa shape index (κ3) is 3.18. The molecule has 0 atom stereocenters. The van der Waals surface area contributed by atoms with E-state index in [1.807, 2.05) is 0 Å². The maximum atomic E-state index is 11.9. The number of hydrogen-bond acceptors (Lipinski definition) is 7. The van der Waals surface area contributed by atoms with Gasteiger partial charge in [0.15, 0.2) is 0 Å².